The standard InChI is InChI=1S/C18H22N6O4S/c1-3-13(26-7-1)11-24-17(23-5-9-25-10-6-23)20-21-18(24)29-12-15-19-16(28-22-15)14-4-2-8-27-14/h2,4,8,13H,1,3,5-7,9-12H2. The van der Waals surface area contributed by atoms with Gasteiger partial charge in [-0.2, -0.15) is 4.98 Å². The molecular weight excluding hydrogens is 396 g/mol. The van der Waals surface area contributed by atoms with Gasteiger partial charge in [0.05, 0.1) is 37.9 Å². The zero-order valence-electron chi connectivity index (χ0n) is 15.9. The maximum absolute atomic E-state index is 5.85. The Labute approximate surface area is 171 Å². The Bertz CT molecular complexity index is 915. The van der Waals surface area contributed by atoms with Crippen molar-refractivity contribution in [2.75, 3.05) is 37.8 Å². The van der Waals surface area contributed by atoms with E-state index in [0.29, 0.717) is 36.4 Å². The second-order valence-corrected chi connectivity index (χ2v) is 7.85. The molecule has 29 heavy (non-hydrogen) atoms. The minimum atomic E-state index is 0.195. The number of nitrogens with zero attached hydrogens (tertiary/aromatic N) is 6. The van der Waals surface area contributed by atoms with Crippen LogP contribution in [0.3, 0.4) is 0 Å². The average molecular weight is 418 g/mol. The van der Waals surface area contributed by atoms with Crippen molar-refractivity contribution in [1.82, 2.24) is 24.9 Å². The molecule has 0 bridgehead atoms. The molecule has 2 saturated heterocycles. The van der Waals surface area contributed by atoms with Crippen LogP contribution in [-0.4, -0.2) is 63.9 Å². The number of furan rings is 1. The summed E-state index contributed by atoms with van der Waals surface area (Å²) in [5.41, 5.74) is 0. The number of hydrogen-bond donors (Lipinski definition) is 0. The molecular formula is C18H22N6O4S. The van der Waals surface area contributed by atoms with Crippen molar-refractivity contribution >= 4 is 17.7 Å². The van der Waals surface area contributed by atoms with E-state index in [-0.39, 0.29) is 6.10 Å². The predicted octanol–water partition coefficient (Wildman–Crippen LogP) is 2.23. The fourth-order valence-corrected chi connectivity index (χ4v) is 4.26. The summed E-state index contributed by atoms with van der Waals surface area (Å²) in [7, 11) is 0. The van der Waals surface area contributed by atoms with Crippen molar-refractivity contribution < 1.29 is 18.4 Å². The van der Waals surface area contributed by atoms with Gasteiger partial charge >= 0.3 is 0 Å². The average Bonchev–Trinajstić information content (AvgIpc) is 3.55. The Balaban J connectivity index is 1.32. The van der Waals surface area contributed by atoms with E-state index >= 15 is 0 Å². The van der Waals surface area contributed by atoms with Crippen LogP contribution in [0.4, 0.5) is 5.95 Å². The number of ether oxygens (including phenoxy) is 2. The second-order valence-electron chi connectivity index (χ2n) is 6.91. The van der Waals surface area contributed by atoms with Gasteiger partial charge < -0.3 is 23.3 Å². The monoisotopic (exact) mass is 418 g/mol. The van der Waals surface area contributed by atoms with Crippen LogP contribution in [-0.2, 0) is 21.8 Å². The number of rotatable bonds is 7. The maximum Gasteiger partial charge on any atom is 0.293 e. The van der Waals surface area contributed by atoms with Crippen molar-refractivity contribution in [3.05, 3.63) is 24.2 Å². The summed E-state index contributed by atoms with van der Waals surface area (Å²) in [5.74, 6) is 2.92. The van der Waals surface area contributed by atoms with Crippen LogP contribution in [0.1, 0.15) is 18.7 Å². The Morgan fingerprint density at radius 3 is 2.90 bits per heavy atom. The van der Waals surface area contributed by atoms with Crippen molar-refractivity contribution in [2.45, 2.75) is 36.4 Å². The highest BCUT2D eigenvalue weighted by Crippen LogP contribution is 2.28. The lowest BCUT2D eigenvalue weighted by Crippen LogP contribution is -2.38. The van der Waals surface area contributed by atoms with Gasteiger partial charge in [0.2, 0.25) is 5.95 Å². The molecule has 0 aromatic carbocycles. The molecule has 2 aliphatic heterocycles. The van der Waals surface area contributed by atoms with Gasteiger partial charge in [-0.1, -0.05) is 16.9 Å². The molecule has 2 aliphatic rings. The molecule has 0 saturated carbocycles. The molecule has 5 heterocycles. The van der Waals surface area contributed by atoms with Gasteiger partial charge in [0.15, 0.2) is 16.7 Å². The summed E-state index contributed by atoms with van der Waals surface area (Å²) < 4.78 is 24.1. The SMILES string of the molecule is c1coc(-c2nc(CSc3nnc(N4CCOCC4)n3CC3CCCO3)no2)c1. The van der Waals surface area contributed by atoms with E-state index in [1.165, 1.54) is 11.8 Å². The highest BCUT2D eigenvalue weighted by molar-refractivity contribution is 7.98. The first kappa shape index (κ1) is 18.6. The third-order valence-electron chi connectivity index (χ3n) is 4.93. The molecule has 0 amide bonds. The van der Waals surface area contributed by atoms with E-state index in [9.17, 15) is 0 Å². The number of anilines is 1. The van der Waals surface area contributed by atoms with E-state index < -0.39 is 0 Å². The summed E-state index contributed by atoms with van der Waals surface area (Å²) in [6.07, 6.45) is 3.93. The Morgan fingerprint density at radius 1 is 1.17 bits per heavy atom. The molecule has 154 valence electrons. The molecule has 1 unspecified atom stereocenters. The van der Waals surface area contributed by atoms with Crippen LogP contribution in [0.2, 0.25) is 0 Å². The fourth-order valence-electron chi connectivity index (χ4n) is 3.48. The lowest BCUT2D eigenvalue weighted by molar-refractivity contribution is 0.0942. The summed E-state index contributed by atoms with van der Waals surface area (Å²) in [6, 6.07) is 3.58. The van der Waals surface area contributed by atoms with Crippen molar-refractivity contribution in [3.63, 3.8) is 0 Å². The molecule has 0 aliphatic carbocycles. The van der Waals surface area contributed by atoms with Crippen LogP contribution >= 0.6 is 11.8 Å². The third kappa shape index (κ3) is 4.16. The number of aromatic nitrogens is 5. The van der Waals surface area contributed by atoms with Crippen LogP contribution in [0, 0.1) is 0 Å². The molecule has 1 atom stereocenters. The highest BCUT2D eigenvalue weighted by Gasteiger charge is 2.25. The zero-order valence-corrected chi connectivity index (χ0v) is 16.7. The molecule has 2 fully saturated rings. The largest absolute Gasteiger partial charge is 0.459 e. The summed E-state index contributed by atoms with van der Waals surface area (Å²) in [6.45, 7) is 4.59. The van der Waals surface area contributed by atoms with Crippen molar-refractivity contribution in [3.8, 4) is 11.7 Å². The lowest BCUT2D eigenvalue weighted by Gasteiger charge is -2.28. The van der Waals surface area contributed by atoms with E-state index in [1.54, 1.807) is 18.4 Å². The summed E-state index contributed by atoms with van der Waals surface area (Å²) >= 11 is 1.54. The van der Waals surface area contributed by atoms with Crippen LogP contribution in [0.15, 0.2) is 32.5 Å². The fraction of sp³-hybridized carbons (Fsp3) is 0.556. The molecule has 3 aromatic heterocycles. The zero-order chi connectivity index (χ0) is 19.5. The summed E-state index contributed by atoms with van der Waals surface area (Å²) in [5, 5.41) is 13.8. The topological polar surface area (TPSA) is 104 Å². The number of thioether (sulfide) groups is 1. The molecule has 0 radical (unpaired) electrons. The Hall–Kier alpha value is -2.37. The van der Waals surface area contributed by atoms with Crippen LogP contribution in [0.25, 0.3) is 11.7 Å². The van der Waals surface area contributed by atoms with E-state index in [2.05, 4.69) is 29.8 Å². The van der Waals surface area contributed by atoms with Crippen LogP contribution < -0.4 is 4.90 Å². The van der Waals surface area contributed by atoms with Gasteiger partial charge in [0.1, 0.15) is 0 Å². The molecule has 0 N–H and O–H groups in total. The lowest BCUT2D eigenvalue weighted by atomic mass is 10.2. The smallest absolute Gasteiger partial charge is 0.293 e. The molecule has 0 spiro atoms. The third-order valence-corrected chi connectivity index (χ3v) is 5.89. The molecule has 5 rings (SSSR count). The maximum atomic E-state index is 5.85. The van der Waals surface area contributed by atoms with Crippen molar-refractivity contribution in [2.24, 2.45) is 0 Å². The highest BCUT2D eigenvalue weighted by atomic mass is 32.2. The van der Waals surface area contributed by atoms with Gasteiger partial charge in [-0.25, -0.2) is 0 Å². The minimum absolute atomic E-state index is 0.195. The first-order chi connectivity index (χ1) is 14.4. The van der Waals surface area contributed by atoms with E-state index in [0.717, 1.165) is 50.2 Å². The number of hydrogen-bond acceptors (Lipinski definition) is 10. The van der Waals surface area contributed by atoms with Crippen LogP contribution in [0.5, 0.6) is 0 Å². The van der Waals surface area contributed by atoms with Gasteiger partial charge in [0.25, 0.3) is 5.89 Å². The van der Waals surface area contributed by atoms with Gasteiger partial charge in [-0.15, -0.1) is 10.2 Å². The summed E-state index contributed by atoms with van der Waals surface area (Å²) in [4.78, 5) is 6.62. The first-order valence-corrected chi connectivity index (χ1v) is 10.7. The molecule has 3 aromatic rings. The van der Waals surface area contributed by atoms with Crippen molar-refractivity contribution in [1.29, 1.82) is 0 Å². The second kappa shape index (κ2) is 8.56. The Kier molecular flexibility index (Phi) is 5.50. The normalized spacial score (nSPS) is 19.9. The minimum Gasteiger partial charge on any atom is -0.459 e. The predicted molar refractivity (Wildman–Crippen MR) is 104 cm³/mol. The first-order valence-electron chi connectivity index (χ1n) is 9.73. The van der Waals surface area contributed by atoms with Gasteiger partial charge in [0, 0.05) is 19.7 Å². The molecule has 10 nitrogen and oxygen atoms in total. The van der Waals surface area contributed by atoms with E-state index in [4.69, 9.17) is 18.4 Å². The molecule has 11 heteroatoms. The van der Waals surface area contributed by atoms with Gasteiger partial charge in [-0.05, 0) is 25.0 Å². The van der Waals surface area contributed by atoms with Gasteiger partial charge in [-0.3, -0.25) is 4.57 Å². The Morgan fingerprint density at radius 2 is 2.10 bits per heavy atom. The number of morpholine rings is 1. The quantitative estimate of drug-likeness (QED) is 0.530. The van der Waals surface area contributed by atoms with E-state index in [1.807, 2.05) is 0 Å².